The molecule has 31 heavy (non-hydrogen) atoms. The Morgan fingerprint density at radius 2 is 1.84 bits per heavy atom. The van der Waals surface area contributed by atoms with Crippen LogP contribution in [-0.4, -0.2) is 51.5 Å². The van der Waals surface area contributed by atoms with E-state index in [1.807, 2.05) is 47.4 Å². The molecule has 4 rings (SSSR count). The van der Waals surface area contributed by atoms with Crippen LogP contribution >= 0.6 is 11.8 Å². The summed E-state index contributed by atoms with van der Waals surface area (Å²) in [5.41, 5.74) is 1.96. The highest BCUT2D eigenvalue weighted by Gasteiger charge is 2.18. The number of para-hydroxylation sites is 1. The number of aromatic nitrogens is 3. The van der Waals surface area contributed by atoms with Crippen molar-refractivity contribution < 1.29 is 9.53 Å². The van der Waals surface area contributed by atoms with Gasteiger partial charge in [-0.25, -0.2) is 0 Å². The molecule has 0 aliphatic carbocycles. The molecule has 0 saturated carbocycles. The van der Waals surface area contributed by atoms with Gasteiger partial charge in [-0.1, -0.05) is 42.1 Å². The molecule has 0 spiro atoms. The van der Waals surface area contributed by atoms with E-state index in [1.165, 1.54) is 6.42 Å². The number of benzene rings is 2. The fraction of sp³-hybridized carbons (Fsp3) is 0.375. The van der Waals surface area contributed by atoms with Crippen LogP contribution in [0.15, 0.2) is 59.8 Å². The third kappa shape index (κ3) is 5.28. The van der Waals surface area contributed by atoms with Gasteiger partial charge in [0.2, 0.25) is 5.91 Å². The zero-order valence-electron chi connectivity index (χ0n) is 17.9. The smallest absolute Gasteiger partial charge is 0.222 e. The SMILES string of the molecule is COc1cccc(-c2nnc(SCCCC(=O)N3CCCCC3)n2-c2ccccc2)c1. The van der Waals surface area contributed by atoms with Gasteiger partial charge < -0.3 is 9.64 Å². The first kappa shape index (κ1) is 21.4. The number of thioether (sulfide) groups is 1. The van der Waals surface area contributed by atoms with Crippen LogP contribution < -0.4 is 4.74 Å². The zero-order valence-corrected chi connectivity index (χ0v) is 18.7. The van der Waals surface area contributed by atoms with Crippen LogP contribution in [0.25, 0.3) is 17.1 Å². The van der Waals surface area contributed by atoms with E-state index >= 15 is 0 Å². The molecule has 1 saturated heterocycles. The summed E-state index contributed by atoms with van der Waals surface area (Å²) in [6, 6.07) is 18.0. The molecule has 1 aliphatic rings. The largest absolute Gasteiger partial charge is 0.497 e. The van der Waals surface area contributed by atoms with Crippen LogP contribution in [0.3, 0.4) is 0 Å². The summed E-state index contributed by atoms with van der Waals surface area (Å²) < 4.78 is 7.46. The number of rotatable bonds is 8. The first-order valence-corrected chi connectivity index (χ1v) is 11.8. The topological polar surface area (TPSA) is 60.3 Å². The highest BCUT2D eigenvalue weighted by atomic mass is 32.2. The molecule has 3 aromatic rings. The highest BCUT2D eigenvalue weighted by molar-refractivity contribution is 7.99. The molecule has 0 unspecified atom stereocenters. The van der Waals surface area contributed by atoms with Gasteiger partial charge in [0, 0.05) is 36.5 Å². The average molecular weight is 437 g/mol. The van der Waals surface area contributed by atoms with Gasteiger partial charge in [0.25, 0.3) is 0 Å². The van der Waals surface area contributed by atoms with Gasteiger partial charge in [-0.15, -0.1) is 10.2 Å². The van der Waals surface area contributed by atoms with Crippen molar-refractivity contribution in [2.75, 3.05) is 26.0 Å². The Labute approximate surface area is 187 Å². The molecule has 0 atom stereocenters. The van der Waals surface area contributed by atoms with Crippen molar-refractivity contribution in [2.24, 2.45) is 0 Å². The van der Waals surface area contributed by atoms with Crippen molar-refractivity contribution >= 4 is 17.7 Å². The van der Waals surface area contributed by atoms with Gasteiger partial charge in [-0.3, -0.25) is 9.36 Å². The van der Waals surface area contributed by atoms with E-state index in [9.17, 15) is 4.79 Å². The van der Waals surface area contributed by atoms with E-state index in [-0.39, 0.29) is 5.91 Å². The number of carbonyl (C=O) groups is 1. The Bertz CT molecular complexity index is 1000. The first-order chi connectivity index (χ1) is 15.3. The minimum atomic E-state index is 0.280. The molecule has 1 fully saturated rings. The normalized spacial score (nSPS) is 13.9. The Morgan fingerprint density at radius 1 is 1.03 bits per heavy atom. The van der Waals surface area contributed by atoms with Crippen molar-refractivity contribution in [1.82, 2.24) is 19.7 Å². The number of likely N-dealkylation sites (tertiary alicyclic amines) is 1. The number of hydrogen-bond acceptors (Lipinski definition) is 5. The fourth-order valence-electron chi connectivity index (χ4n) is 3.81. The molecule has 0 bridgehead atoms. The number of nitrogens with zero attached hydrogens (tertiary/aromatic N) is 4. The quantitative estimate of drug-likeness (QED) is 0.374. The first-order valence-electron chi connectivity index (χ1n) is 10.8. The lowest BCUT2D eigenvalue weighted by Gasteiger charge is -2.26. The number of ether oxygens (including phenoxy) is 1. The van der Waals surface area contributed by atoms with Gasteiger partial charge in [-0.2, -0.15) is 0 Å². The van der Waals surface area contributed by atoms with Crippen LogP contribution in [0.1, 0.15) is 32.1 Å². The van der Waals surface area contributed by atoms with E-state index in [0.29, 0.717) is 6.42 Å². The summed E-state index contributed by atoms with van der Waals surface area (Å²) in [5, 5.41) is 9.79. The van der Waals surface area contributed by atoms with E-state index in [0.717, 1.165) is 66.1 Å². The summed E-state index contributed by atoms with van der Waals surface area (Å²) >= 11 is 1.64. The molecule has 1 amide bonds. The Balaban J connectivity index is 1.48. The molecule has 7 heteroatoms. The Morgan fingerprint density at radius 3 is 2.61 bits per heavy atom. The number of amides is 1. The maximum absolute atomic E-state index is 12.4. The summed E-state index contributed by atoms with van der Waals surface area (Å²) in [5.74, 6) is 2.66. The van der Waals surface area contributed by atoms with Crippen LogP contribution in [0.5, 0.6) is 5.75 Å². The van der Waals surface area contributed by atoms with Crippen molar-refractivity contribution in [3.05, 3.63) is 54.6 Å². The van der Waals surface area contributed by atoms with Crippen LogP contribution in [-0.2, 0) is 4.79 Å². The second-order valence-electron chi connectivity index (χ2n) is 7.60. The average Bonchev–Trinajstić information content (AvgIpc) is 3.26. The fourth-order valence-corrected chi connectivity index (χ4v) is 4.70. The molecule has 2 aromatic carbocycles. The number of piperidine rings is 1. The van der Waals surface area contributed by atoms with Gasteiger partial charge in [0.05, 0.1) is 7.11 Å². The summed E-state index contributed by atoms with van der Waals surface area (Å²) in [7, 11) is 1.66. The third-order valence-electron chi connectivity index (χ3n) is 5.45. The molecule has 6 nitrogen and oxygen atoms in total. The van der Waals surface area contributed by atoms with Crippen LogP contribution in [0, 0.1) is 0 Å². The van der Waals surface area contributed by atoms with Crippen molar-refractivity contribution in [3.63, 3.8) is 0 Å². The standard InChI is InChI=1S/C24H28N4O2S/c1-30-21-13-8-10-19(18-21)23-25-26-24(28(23)20-11-4-2-5-12-20)31-17-9-14-22(29)27-15-6-3-7-16-27/h2,4-5,8,10-13,18H,3,6-7,9,14-17H2,1H3. The Kier molecular flexibility index (Phi) is 7.25. The molecular formula is C24H28N4O2S. The van der Waals surface area contributed by atoms with E-state index in [2.05, 4.69) is 26.9 Å². The second kappa shape index (κ2) is 10.5. The van der Waals surface area contributed by atoms with Crippen molar-refractivity contribution in [2.45, 2.75) is 37.3 Å². The molecule has 0 N–H and O–H groups in total. The zero-order chi connectivity index (χ0) is 21.5. The minimum absolute atomic E-state index is 0.280. The monoisotopic (exact) mass is 436 g/mol. The molecule has 2 heterocycles. The summed E-state index contributed by atoms with van der Waals surface area (Å²) in [6.07, 6.45) is 4.93. The molecule has 1 aliphatic heterocycles. The minimum Gasteiger partial charge on any atom is -0.497 e. The second-order valence-corrected chi connectivity index (χ2v) is 8.66. The number of hydrogen-bond donors (Lipinski definition) is 0. The Hall–Kier alpha value is -2.80. The van der Waals surface area contributed by atoms with Crippen molar-refractivity contribution in [3.8, 4) is 22.8 Å². The lowest BCUT2D eigenvalue weighted by molar-refractivity contribution is -0.132. The number of methoxy groups -OCH3 is 1. The van der Waals surface area contributed by atoms with Crippen molar-refractivity contribution in [1.29, 1.82) is 0 Å². The molecule has 1 aromatic heterocycles. The maximum Gasteiger partial charge on any atom is 0.222 e. The molecule has 0 radical (unpaired) electrons. The lowest BCUT2D eigenvalue weighted by Crippen LogP contribution is -2.35. The van der Waals surface area contributed by atoms with Gasteiger partial charge in [-0.05, 0) is 49.9 Å². The lowest BCUT2D eigenvalue weighted by atomic mass is 10.1. The van der Waals surface area contributed by atoms with Gasteiger partial charge in [0.15, 0.2) is 11.0 Å². The van der Waals surface area contributed by atoms with E-state index in [4.69, 9.17) is 4.74 Å². The number of carbonyl (C=O) groups excluding carboxylic acids is 1. The highest BCUT2D eigenvalue weighted by Crippen LogP contribution is 2.30. The summed E-state index contributed by atoms with van der Waals surface area (Å²) in [6.45, 7) is 1.83. The van der Waals surface area contributed by atoms with Crippen LogP contribution in [0.2, 0.25) is 0 Å². The van der Waals surface area contributed by atoms with Gasteiger partial charge in [0.1, 0.15) is 5.75 Å². The van der Waals surface area contributed by atoms with Gasteiger partial charge >= 0.3 is 0 Å². The van der Waals surface area contributed by atoms with E-state index < -0.39 is 0 Å². The maximum atomic E-state index is 12.4. The third-order valence-corrected chi connectivity index (χ3v) is 6.47. The van der Waals surface area contributed by atoms with Crippen LogP contribution in [0.4, 0.5) is 0 Å². The predicted molar refractivity (Wildman–Crippen MR) is 124 cm³/mol. The summed E-state index contributed by atoms with van der Waals surface area (Å²) in [4.78, 5) is 14.4. The predicted octanol–water partition coefficient (Wildman–Crippen LogP) is 4.83. The van der Waals surface area contributed by atoms with E-state index in [1.54, 1.807) is 18.9 Å². The molecular weight excluding hydrogens is 408 g/mol. The molecule has 162 valence electrons.